The molecular formula is C14H19NO3. The van der Waals surface area contributed by atoms with Crippen LogP contribution in [0.1, 0.15) is 23.2 Å². The number of carbonyl (C=O) groups is 1. The van der Waals surface area contributed by atoms with Crippen molar-refractivity contribution in [1.82, 2.24) is 0 Å². The number of benzene rings is 1. The highest BCUT2D eigenvalue weighted by atomic mass is 16.6. The Hall–Kier alpha value is -1.55. The van der Waals surface area contributed by atoms with Crippen LogP contribution in [0.15, 0.2) is 24.3 Å². The molecule has 0 amide bonds. The van der Waals surface area contributed by atoms with E-state index >= 15 is 0 Å². The number of methoxy groups -OCH3 is 1. The summed E-state index contributed by atoms with van der Waals surface area (Å²) in [5.74, 6) is -0.292. The summed E-state index contributed by atoms with van der Waals surface area (Å²) in [5.41, 5.74) is 1.77. The van der Waals surface area contributed by atoms with Crippen molar-refractivity contribution in [3.63, 3.8) is 0 Å². The molecule has 0 radical (unpaired) electrons. The summed E-state index contributed by atoms with van der Waals surface area (Å²) in [5, 5.41) is 0. The first-order valence-corrected chi connectivity index (χ1v) is 6.32. The second-order valence-corrected chi connectivity index (χ2v) is 4.37. The van der Waals surface area contributed by atoms with E-state index in [1.807, 2.05) is 24.3 Å². The van der Waals surface area contributed by atoms with Gasteiger partial charge in [0, 0.05) is 25.9 Å². The smallest absolute Gasteiger partial charge is 0.338 e. The highest BCUT2D eigenvalue weighted by molar-refractivity contribution is 5.89. The standard InChI is InChI=1S/C14H19NO3/c1-17-10-11-18-14(16)12-4-6-13(7-5-12)15-8-2-3-9-15/h4-7H,2-3,8-11H2,1H3. The van der Waals surface area contributed by atoms with Crippen LogP contribution in [-0.2, 0) is 9.47 Å². The Bertz CT molecular complexity index is 383. The summed E-state index contributed by atoms with van der Waals surface area (Å²) in [6.07, 6.45) is 2.50. The third-order valence-electron chi connectivity index (χ3n) is 3.09. The fourth-order valence-corrected chi connectivity index (χ4v) is 2.08. The summed E-state index contributed by atoms with van der Waals surface area (Å²) >= 11 is 0. The van der Waals surface area contributed by atoms with Gasteiger partial charge in [-0.05, 0) is 37.1 Å². The van der Waals surface area contributed by atoms with Crippen molar-refractivity contribution in [3.05, 3.63) is 29.8 Å². The van der Waals surface area contributed by atoms with E-state index < -0.39 is 0 Å². The van der Waals surface area contributed by atoms with Gasteiger partial charge in [-0.2, -0.15) is 0 Å². The second kappa shape index (κ2) is 6.40. The maximum Gasteiger partial charge on any atom is 0.338 e. The van der Waals surface area contributed by atoms with Crippen LogP contribution in [0.25, 0.3) is 0 Å². The predicted molar refractivity (Wildman–Crippen MR) is 70.0 cm³/mol. The van der Waals surface area contributed by atoms with Crippen molar-refractivity contribution in [2.24, 2.45) is 0 Å². The van der Waals surface area contributed by atoms with Gasteiger partial charge >= 0.3 is 5.97 Å². The quantitative estimate of drug-likeness (QED) is 0.591. The SMILES string of the molecule is COCCOC(=O)c1ccc(N2CCCC2)cc1. The summed E-state index contributed by atoms with van der Waals surface area (Å²) in [6, 6.07) is 7.61. The summed E-state index contributed by atoms with van der Waals surface area (Å²) in [6.45, 7) is 2.94. The van der Waals surface area contributed by atoms with E-state index in [0.29, 0.717) is 18.8 Å². The second-order valence-electron chi connectivity index (χ2n) is 4.37. The molecule has 1 aliphatic heterocycles. The molecule has 1 aromatic carbocycles. The van der Waals surface area contributed by atoms with Crippen LogP contribution >= 0.6 is 0 Å². The Labute approximate surface area is 107 Å². The first-order valence-electron chi connectivity index (χ1n) is 6.32. The van der Waals surface area contributed by atoms with Crippen molar-refractivity contribution in [2.75, 3.05) is 38.3 Å². The van der Waals surface area contributed by atoms with Gasteiger partial charge in [0.15, 0.2) is 0 Å². The van der Waals surface area contributed by atoms with Gasteiger partial charge in [-0.3, -0.25) is 0 Å². The van der Waals surface area contributed by atoms with Gasteiger partial charge in [-0.15, -0.1) is 0 Å². The largest absolute Gasteiger partial charge is 0.460 e. The number of ether oxygens (including phenoxy) is 2. The highest BCUT2D eigenvalue weighted by Gasteiger charge is 2.13. The Morgan fingerprint density at radius 3 is 2.44 bits per heavy atom. The molecule has 4 nitrogen and oxygen atoms in total. The van der Waals surface area contributed by atoms with E-state index in [-0.39, 0.29) is 5.97 Å². The summed E-state index contributed by atoms with van der Waals surface area (Å²) < 4.78 is 9.89. The molecule has 1 aromatic rings. The van der Waals surface area contributed by atoms with Gasteiger partial charge in [0.2, 0.25) is 0 Å². The van der Waals surface area contributed by atoms with Crippen LogP contribution in [0.5, 0.6) is 0 Å². The average Bonchev–Trinajstić information content (AvgIpc) is 2.93. The topological polar surface area (TPSA) is 38.8 Å². The van der Waals surface area contributed by atoms with Crippen molar-refractivity contribution >= 4 is 11.7 Å². The van der Waals surface area contributed by atoms with Crippen LogP contribution in [-0.4, -0.2) is 39.4 Å². The maximum atomic E-state index is 11.7. The van der Waals surface area contributed by atoms with E-state index in [1.165, 1.54) is 18.5 Å². The van der Waals surface area contributed by atoms with Crippen LogP contribution in [0.4, 0.5) is 5.69 Å². The molecule has 0 N–H and O–H groups in total. The van der Waals surface area contributed by atoms with Crippen LogP contribution in [0, 0.1) is 0 Å². The number of carbonyl (C=O) groups excluding carboxylic acids is 1. The van der Waals surface area contributed by atoms with Gasteiger partial charge in [0.1, 0.15) is 6.61 Å². The third-order valence-corrected chi connectivity index (χ3v) is 3.09. The third kappa shape index (κ3) is 3.23. The van der Waals surface area contributed by atoms with Gasteiger partial charge in [-0.25, -0.2) is 4.79 Å². The lowest BCUT2D eigenvalue weighted by atomic mass is 10.2. The molecule has 0 aromatic heterocycles. The van der Waals surface area contributed by atoms with Gasteiger partial charge in [0.25, 0.3) is 0 Å². The molecule has 98 valence electrons. The van der Waals surface area contributed by atoms with Gasteiger partial charge in [-0.1, -0.05) is 0 Å². The molecule has 18 heavy (non-hydrogen) atoms. The van der Waals surface area contributed by atoms with Gasteiger partial charge < -0.3 is 14.4 Å². The van der Waals surface area contributed by atoms with Crippen molar-refractivity contribution in [1.29, 1.82) is 0 Å². The molecule has 1 fully saturated rings. The Kier molecular flexibility index (Phi) is 4.59. The molecule has 1 heterocycles. The fourth-order valence-electron chi connectivity index (χ4n) is 2.08. The molecule has 2 rings (SSSR count). The molecule has 4 heteroatoms. The lowest BCUT2D eigenvalue weighted by Gasteiger charge is -2.17. The molecule has 0 unspecified atom stereocenters. The zero-order valence-electron chi connectivity index (χ0n) is 10.7. The van der Waals surface area contributed by atoms with Crippen LogP contribution < -0.4 is 4.90 Å². The molecule has 0 spiro atoms. The molecule has 0 saturated carbocycles. The number of hydrogen-bond donors (Lipinski definition) is 0. The van der Waals surface area contributed by atoms with Crippen molar-refractivity contribution in [2.45, 2.75) is 12.8 Å². The molecule has 0 bridgehead atoms. The van der Waals surface area contributed by atoms with Crippen molar-refractivity contribution < 1.29 is 14.3 Å². The van der Waals surface area contributed by atoms with E-state index in [1.54, 1.807) is 7.11 Å². The monoisotopic (exact) mass is 249 g/mol. The van der Waals surface area contributed by atoms with E-state index in [9.17, 15) is 4.79 Å². The molecular weight excluding hydrogens is 230 g/mol. The summed E-state index contributed by atoms with van der Waals surface area (Å²) in [4.78, 5) is 14.0. The maximum absolute atomic E-state index is 11.7. The minimum absolute atomic E-state index is 0.292. The first kappa shape index (κ1) is 12.9. The number of anilines is 1. The Morgan fingerprint density at radius 2 is 1.83 bits per heavy atom. The zero-order chi connectivity index (χ0) is 12.8. The molecule has 1 saturated heterocycles. The number of rotatable bonds is 5. The fraction of sp³-hybridized carbons (Fsp3) is 0.500. The molecule has 1 aliphatic rings. The van der Waals surface area contributed by atoms with Gasteiger partial charge in [0.05, 0.1) is 12.2 Å². The first-order chi connectivity index (χ1) is 8.81. The van der Waals surface area contributed by atoms with E-state index in [2.05, 4.69) is 4.90 Å². The predicted octanol–water partition coefficient (Wildman–Crippen LogP) is 2.09. The van der Waals surface area contributed by atoms with Crippen LogP contribution in [0.2, 0.25) is 0 Å². The minimum Gasteiger partial charge on any atom is -0.460 e. The normalized spacial score (nSPS) is 14.8. The highest BCUT2D eigenvalue weighted by Crippen LogP contribution is 2.20. The van der Waals surface area contributed by atoms with E-state index in [4.69, 9.17) is 9.47 Å². The molecule has 0 atom stereocenters. The number of hydrogen-bond acceptors (Lipinski definition) is 4. The average molecular weight is 249 g/mol. The minimum atomic E-state index is -0.292. The van der Waals surface area contributed by atoms with Crippen LogP contribution in [0.3, 0.4) is 0 Å². The Morgan fingerprint density at radius 1 is 1.17 bits per heavy atom. The lowest BCUT2D eigenvalue weighted by Crippen LogP contribution is -2.17. The molecule has 0 aliphatic carbocycles. The zero-order valence-corrected chi connectivity index (χ0v) is 10.7. The lowest BCUT2D eigenvalue weighted by molar-refractivity contribution is 0.0388. The number of esters is 1. The van der Waals surface area contributed by atoms with Crippen molar-refractivity contribution in [3.8, 4) is 0 Å². The Balaban J connectivity index is 1.92. The van der Waals surface area contributed by atoms with E-state index in [0.717, 1.165) is 13.1 Å². The number of nitrogens with zero attached hydrogens (tertiary/aromatic N) is 1. The summed E-state index contributed by atoms with van der Waals surface area (Å²) in [7, 11) is 1.58.